The molecule has 0 aliphatic carbocycles. The van der Waals surface area contributed by atoms with Crippen LogP contribution in [0.25, 0.3) is 0 Å². The number of carbonyl (C=O) groups is 1. The van der Waals surface area contributed by atoms with Crippen molar-refractivity contribution in [1.29, 1.82) is 0 Å². The minimum Gasteiger partial charge on any atom is -0.335 e. The van der Waals surface area contributed by atoms with Gasteiger partial charge in [0, 0.05) is 0 Å². The number of hydrogen-bond acceptors (Lipinski definition) is 3. The van der Waals surface area contributed by atoms with Crippen LogP contribution in [-0.2, 0) is 14.6 Å². The molecule has 0 spiro atoms. The molecule has 0 fully saturated rings. The summed E-state index contributed by atoms with van der Waals surface area (Å²) < 4.78 is 22.6. The molecule has 9 heteroatoms. The fourth-order valence-corrected chi connectivity index (χ4v) is 4.11. The quantitative estimate of drug-likeness (QED) is 0.819. The summed E-state index contributed by atoms with van der Waals surface area (Å²) in [5.41, 5.74) is 0.874. The minimum absolute atomic E-state index is 0.0608. The number of nitrogens with one attached hydrogen (secondary N) is 1. The first-order valence-electron chi connectivity index (χ1n) is 5.31. The molecule has 1 amide bonds. The van der Waals surface area contributed by atoms with Gasteiger partial charge >= 0.3 is 0 Å². The van der Waals surface area contributed by atoms with Crippen molar-refractivity contribution in [2.45, 2.75) is 21.0 Å². The van der Waals surface area contributed by atoms with Crippen LogP contribution < -0.4 is 5.32 Å². The Balaban J connectivity index is 3.24. The first kappa shape index (κ1) is 17.9. The van der Waals surface area contributed by atoms with Crippen molar-refractivity contribution in [3.63, 3.8) is 0 Å². The number of halogens is 4. The Labute approximate surface area is 137 Å². The van der Waals surface area contributed by atoms with E-state index in [0.717, 1.165) is 5.56 Å². The van der Waals surface area contributed by atoms with Gasteiger partial charge in [0.25, 0.3) is 0 Å². The summed E-state index contributed by atoms with van der Waals surface area (Å²) in [6, 6.07) is 5.96. The highest BCUT2D eigenvalue weighted by Gasteiger charge is 2.44. The third-order valence-electron chi connectivity index (χ3n) is 2.37. The van der Waals surface area contributed by atoms with Crippen LogP contribution in [0.1, 0.15) is 5.56 Å². The Bertz CT molecular complexity index is 581. The molecule has 0 saturated carbocycles. The summed E-state index contributed by atoms with van der Waals surface area (Å²) >= 11 is 22.3. The zero-order valence-electron chi connectivity index (χ0n) is 10.2. The average molecular weight is 379 g/mol. The van der Waals surface area contributed by atoms with Crippen LogP contribution in [0.5, 0.6) is 0 Å². The standard InChI is InChI=1S/C11H11Cl4NO3S/c1-7-2-4-8(5-3-7)20(18,19)10(11(13,14)15)16-9(17)6-12/h2-5,10H,6H2,1H3,(H,16,17)/t10-/m0/s1. The Kier molecular flexibility index (Phi) is 5.99. The number of benzene rings is 1. The molecule has 0 aliphatic heterocycles. The van der Waals surface area contributed by atoms with Gasteiger partial charge in [-0.1, -0.05) is 52.5 Å². The second kappa shape index (κ2) is 6.71. The van der Waals surface area contributed by atoms with Gasteiger partial charge in [-0.25, -0.2) is 8.42 Å². The van der Waals surface area contributed by atoms with E-state index in [1.54, 1.807) is 19.1 Å². The largest absolute Gasteiger partial charge is 0.335 e. The van der Waals surface area contributed by atoms with E-state index in [2.05, 4.69) is 5.32 Å². The summed E-state index contributed by atoms with van der Waals surface area (Å²) in [6.45, 7) is 1.80. The number of aryl methyl sites for hydroxylation is 1. The van der Waals surface area contributed by atoms with Gasteiger partial charge in [-0.05, 0) is 19.1 Å². The Morgan fingerprint density at radius 1 is 1.25 bits per heavy atom. The minimum atomic E-state index is -4.07. The third-order valence-corrected chi connectivity index (χ3v) is 5.68. The van der Waals surface area contributed by atoms with E-state index < -0.39 is 30.8 Å². The molecule has 4 nitrogen and oxygen atoms in total. The van der Waals surface area contributed by atoms with Crippen LogP contribution in [0.4, 0.5) is 0 Å². The van der Waals surface area contributed by atoms with E-state index in [4.69, 9.17) is 46.4 Å². The molecule has 0 aromatic heterocycles. The van der Waals surface area contributed by atoms with Gasteiger partial charge in [0.05, 0.1) is 4.90 Å². The summed E-state index contributed by atoms with van der Waals surface area (Å²) in [5.74, 6) is -1.20. The predicted molar refractivity (Wildman–Crippen MR) is 81.3 cm³/mol. The molecular formula is C11H11Cl4NO3S. The van der Waals surface area contributed by atoms with Crippen LogP contribution in [0.2, 0.25) is 0 Å². The maximum Gasteiger partial charge on any atom is 0.236 e. The summed E-state index contributed by atoms with van der Waals surface area (Å²) in [5, 5.41) is 0.378. The normalized spacial score (nSPS) is 13.8. The summed E-state index contributed by atoms with van der Waals surface area (Å²) in [4.78, 5) is 11.3. The second-order valence-corrected chi connectivity index (χ2v) is 8.65. The van der Waals surface area contributed by atoms with Crippen molar-refractivity contribution in [2.75, 3.05) is 5.88 Å². The molecule has 1 aromatic carbocycles. The Hall–Kier alpha value is -0.200. The number of sulfone groups is 1. The number of rotatable bonds is 4. The number of hydrogen-bond donors (Lipinski definition) is 1. The maximum absolute atomic E-state index is 12.4. The lowest BCUT2D eigenvalue weighted by atomic mass is 10.2. The molecule has 0 saturated heterocycles. The molecule has 1 rings (SSSR count). The zero-order chi connectivity index (χ0) is 15.6. The Morgan fingerprint density at radius 3 is 2.15 bits per heavy atom. The van der Waals surface area contributed by atoms with Crippen LogP contribution in [0.3, 0.4) is 0 Å². The lowest BCUT2D eigenvalue weighted by molar-refractivity contribution is -0.118. The molecule has 0 bridgehead atoms. The fraction of sp³-hybridized carbons (Fsp3) is 0.364. The molecule has 0 radical (unpaired) electrons. The summed E-state index contributed by atoms with van der Waals surface area (Å²) in [7, 11) is -4.07. The fourth-order valence-electron chi connectivity index (χ4n) is 1.38. The molecular weight excluding hydrogens is 368 g/mol. The molecule has 1 aromatic rings. The molecule has 0 heterocycles. The first-order chi connectivity index (χ1) is 9.09. The van der Waals surface area contributed by atoms with E-state index >= 15 is 0 Å². The monoisotopic (exact) mass is 377 g/mol. The van der Waals surface area contributed by atoms with E-state index in [9.17, 15) is 13.2 Å². The van der Waals surface area contributed by atoms with Crippen LogP contribution >= 0.6 is 46.4 Å². The third kappa shape index (κ3) is 4.40. The topological polar surface area (TPSA) is 63.2 Å². The Morgan fingerprint density at radius 2 is 1.75 bits per heavy atom. The highest BCUT2D eigenvalue weighted by atomic mass is 35.6. The number of carbonyl (C=O) groups excluding carboxylic acids is 1. The van der Waals surface area contributed by atoms with Gasteiger partial charge in [-0.3, -0.25) is 4.79 Å². The van der Waals surface area contributed by atoms with E-state index in [1.807, 2.05) is 0 Å². The van der Waals surface area contributed by atoms with Gasteiger partial charge in [0.2, 0.25) is 19.5 Å². The highest BCUT2D eigenvalue weighted by molar-refractivity contribution is 7.92. The van der Waals surface area contributed by atoms with Gasteiger partial charge in [-0.2, -0.15) is 0 Å². The lowest BCUT2D eigenvalue weighted by Gasteiger charge is -2.25. The van der Waals surface area contributed by atoms with Gasteiger partial charge in [0.15, 0.2) is 5.37 Å². The van der Waals surface area contributed by atoms with Crippen LogP contribution in [0, 0.1) is 6.92 Å². The molecule has 1 N–H and O–H groups in total. The van der Waals surface area contributed by atoms with Crippen molar-refractivity contribution < 1.29 is 13.2 Å². The van der Waals surface area contributed by atoms with Gasteiger partial charge in [-0.15, -0.1) is 11.6 Å². The number of amides is 1. The second-order valence-electron chi connectivity index (χ2n) is 3.98. The van der Waals surface area contributed by atoms with Crippen LogP contribution in [-0.4, -0.2) is 29.4 Å². The van der Waals surface area contributed by atoms with Crippen molar-refractivity contribution in [1.82, 2.24) is 5.32 Å². The summed E-state index contributed by atoms with van der Waals surface area (Å²) in [6.07, 6.45) is 0. The first-order valence-corrected chi connectivity index (χ1v) is 8.53. The van der Waals surface area contributed by atoms with E-state index in [-0.39, 0.29) is 4.90 Å². The zero-order valence-corrected chi connectivity index (χ0v) is 14.1. The molecule has 0 unspecified atom stereocenters. The van der Waals surface area contributed by atoms with Gasteiger partial charge in [0.1, 0.15) is 5.88 Å². The van der Waals surface area contributed by atoms with Gasteiger partial charge < -0.3 is 5.32 Å². The smallest absolute Gasteiger partial charge is 0.236 e. The molecule has 0 aliphatic rings. The SMILES string of the molecule is Cc1ccc(S(=O)(=O)[C@H](NC(=O)CCl)C(Cl)(Cl)Cl)cc1. The number of alkyl halides is 4. The molecule has 20 heavy (non-hydrogen) atoms. The average Bonchev–Trinajstić information content (AvgIpc) is 2.34. The van der Waals surface area contributed by atoms with E-state index in [1.165, 1.54) is 12.1 Å². The van der Waals surface area contributed by atoms with Crippen molar-refractivity contribution in [2.24, 2.45) is 0 Å². The van der Waals surface area contributed by atoms with E-state index in [0.29, 0.717) is 0 Å². The van der Waals surface area contributed by atoms with Crippen molar-refractivity contribution in [3.8, 4) is 0 Å². The maximum atomic E-state index is 12.4. The lowest BCUT2D eigenvalue weighted by Crippen LogP contribution is -2.49. The van der Waals surface area contributed by atoms with Crippen molar-refractivity contribution >= 4 is 62.1 Å². The van der Waals surface area contributed by atoms with Crippen LogP contribution in [0.15, 0.2) is 29.2 Å². The predicted octanol–water partition coefficient (Wildman–Crippen LogP) is 2.82. The van der Waals surface area contributed by atoms with Crippen molar-refractivity contribution in [3.05, 3.63) is 29.8 Å². The molecule has 1 atom stereocenters. The highest BCUT2D eigenvalue weighted by Crippen LogP contribution is 2.35. The molecule has 112 valence electrons.